The van der Waals surface area contributed by atoms with Crippen molar-refractivity contribution in [2.24, 2.45) is 0 Å². The van der Waals surface area contributed by atoms with Gasteiger partial charge >= 0.3 is 0 Å². The number of nitrogens with one attached hydrogen (secondary N) is 2. The Morgan fingerprint density at radius 3 is 2.75 bits per heavy atom. The number of carbonyl (C=O) groups is 1. The van der Waals surface area contributed by atoms with Gasteiger partial charge < -0.3 is 20.1 Å². The Kier molecular flexibility index (Phi) is 4.92. The SMILES string of the molecule is COc1ccc(C(=O)NC2CNCc3cccc(Cl)c32)cc1OC. The lowest BCUT2D eigenvalue weighted by Gasteiger charge is -2.28. The summed E-state index contributed by atoms with van der Waals surface area (Å²) in [4.78, 5) is 12.6. The molecule has 126 valence electrons. The molecule has 2 aromatic carbocycles. The van der Waals surface area contributed by atoms with Crippen molar-refractivity contribution in [1.82, 2.24) is 10.6 Å². The molecule has 2 aromatic rings. The van der Waals surface area contributed by atoms with Crippen LogP contribution >= 0.6 is 11.6 Å². The second-order valence-corrected chi connectivity index (χ2v) is 5.95. The average Bonchev–Trinajstić information content (AvgIpc) is 2.61. The quantitative estimate of drug-likeness (QED) is 0.893. The Labute approximate surface area is 145 Å². The topological polar surface area (TPSA) is 59.6 Å². The third-order valence-electron chi connectivity index (χ3n) is 4.11. The fraction of sp³-hybridized carbons (Fsp3) is 0.278. The van der Waals surface area contributed by atoms with Crippen LogP contribution in [0.1, 0.15) is 27.5 Å². The third-order valence-corrected chi connectivity index (χ3v) is 4.44. The molecule has 1 heterocycles. The number of carbonyl (C=O) groups excluding carboxylic acids is 1. The summed E-state index contributed by atoms with van der Waals surface area (Å²) in [5.74, 6) is 0.919. The van der Waals surface area contributed by atoms with E-state index in [0.717, 1.165) is 17.7 Å². The summed E-state index contributed by atoms with van der Waals surface area (Å²) < 4.78 is 10.5. The van der Waals surface area contributed by atoms with Crippen LogP contribution in [0.5, 0.6) is 11.5 Å². The molecular weight excluding hydrogens is 328 g/mol. The van der Waals surface area contributed by atoms with Gasteiger partial charge in [0.15, 0.2) is 11.5 Å². The van der Waals surface area contributed by atoms with Gasteiger partial charge in [-0.1, -0.05) is 23.7 Å². The number of halogens is 1. The Hall–Kier alpha value is -2.24. The molecule has 0 saturated carbocycles. The number of hydrogen-bond donors (Lipinski definition) is 2. The fourth-order valence-electron chi connectivity index (χ4n) is 2.92. The van der Waals surface area contributed by atoms with Crippen LogP contribution in [0.25, 0.3) is 0 Å². The molecule has 0 bridgehead atoms. The second kappa shape index (κ2) is 7.11. The van der Waals surface area contributed by atoms with Gasteiger partial charge in [-0.3, -0.25) is 4.79 Å². The van der Waals surface area contributed by atoms with Gasteiger partial charge in [0.1, 0.15) is 0 Å². The van der Waals surface area contributed by atoms with E-state index in [1.165, 1.54) is 0 Å². The van der Waals surface area contributed by atoms with E-state index in [0.29, 0.717) is 28.6 Å². The van der Waals surface area contributed by atoms with Gasteiger partial charge in [-0.15, -0.1) is 0 Å². The van der Waals surface area contributed by atoms with Crippen molar-refractivity contribution in [2.75, 3.05) is 20.8 Å². The highest BCUT2D eigenvalue weighted by Gasteiger charge is 2.24. The van der Waals surface area contributed by atoms with Gasteiger partial charge in [-0.25, -0.2) is 0 Å². The zero-order chi connectivity index (χ0) is 17.1. The maximum absolute atomic E-state index is 12.6. The standard InChI is InChI=1S/C18H19ClN2O3/c1-23-15-7-6-11(8-16(15)24-2)18(22)21-14-10-20-9-12-4-3-5-13(19)17(12)14/h3-8,14,20H,9-10H2,1-2H3,(H,21,22). The van der Waals surface area contributed by atoms with Crippen molar-refractivity contribution in [3.63, 3.8) is 0 Å². The van der Waals surface area contributed by atoms with Crippen molar-refractivity contribution < 1.29 is 14.3 Å². The second-order valence-electron chi connectivity index (χ2n) is 5.54. The zero-order valence-corrected chi connectivity index (χ0v) is 14.3. The van der Waals surface area contributed by atoms with Gasteiger partial charge in [0.2, 0.25) is 0 Å². The fourth-order valence-corrected chi connectivity index (χ4v) is 3.25. The first-order chi connectivity index (χ1) is 11.6. The maximum Gasteiger partial charge on any atom is 0.251 e. The molecule has 1 amide bonds. The molecule has 1 atom stereocenters. The van der Waals surface area contributed by atoms with Crippen LogP contribution in [0, 0.1) is 0 Å². The summed E-state index contributed by atoms with van der Waals surface area (Å²) in [6.45, 7) is 1.38. The Morgan fingerprint density at radius 2 is 2.00 bits per heavy atom. The minimum absolute atomic E-state index is 0.178. The number of fused-ring (bicyclic) bond motifs is 1. The number of benzene rings is 2. The van der Waals surface area contributed by atoms with E-state index in [1.54, 1.807) is 32.4 Å². The molecule has 3 rings (SSSR count). The summed E-state index contributed by atoms with van der Waals surface area (Å²) in [6.07, 6.45) is 0. The summed E-state index contributed by atoms with van der Waals surface area (Å²) in [6, 6.07) is 10.7. The molecular formula is C18H19ClN2O3. The Balaban J connectivity index is 1.84. The first-order valence-corrected chi connectivity index (χ1v) is 8.02. The largest absolute Gasteiger partial charge is 0.493 e. The van der Waals surface area contributed by atoms with Crippen LogP contribution < -0.4 is 20.1 Å². The van der Waals surface area contributed by atoms with E-state index in [-0.39, 0.29) is 11.9 Å². The Morgan fingerprint density at radius 1 is 1.21 bits per heavy atom. The van der Waals surface area contributed by atoms with Gasteiger partial charge in [0, 0.05) is 23.7 Å². The number of ether oxygens (including phenoxy) is 2. The van der Waals surface area contributed by atoms with E-state index < -0.39 is 0 Å². The highest BCUT2D eigenvalue weighted by molar-refractivity contribution is 6.31. The van der Waals surface area contributed by atoms with Crippen molar-refractivity contribution >= 4 is 17.5 Å². The highest BCUT2D eigenvalue weighted by atomic mass is 35.5. The van der Waals surface area contributed by atoms with Crippen molar-refractivity contribution in [2.45, 2.75) is 12.6 Å². The zero-order valence-electron chi connectivity index (χ0n) is 13.6. The van der Waals surface area contributed by atoms with Gasteiger partial charge in [0.05, 0.1) is 20.3 Å². The Bertz CT molecular complexity index is 764. The van der Waals surface area contributed by atoms with Gasteiger partial charge in [-0.05, 0) is 35.4 Å². The van der Waals surface area contributed by atoms with E-state index in [9.17, 15) is 4.79 Å². The lowest BCUT2D eigenvalue weighted by atomic mass is 9.96. The van der Waals surface area contributed by atoms with E-state index >= 15 is 0 Å². The van der Waals surface area contributed by atoms with Crippen molar-refractivity contribution in [3.8, 4) is 11.5 Å². The molecule has 1 unspecified atom stereocenters. The first kappa shape index (κ1) is 16.6. The highest BCUT2D eigenvalue weighted by Crippen LogP contribution is 2.31. The minimum Gasteiger partial charge on any atom is -0.493 e. The molecule has 0 radical (unpaired) electrons. The number of hydrogen-bond acceptors (Lipinski definition) is 4. The molecule has 1 aliphatic heterocycles. The average molecular weight is 347 g/mol. The van der Waals surface area contributed by atoms with Gasteiger partial charge in [0.25, 0.3) is 5.91 Å². The normalized spacial score (nSPS) is 16.2. The first-order valence-electron chi connectivity index (χ1n) is 7.65. The number of amides is 1. The summed E-state index contributed by atoms with van der Waals surface area (Å²) in [5.41, 5.74) is 2.59. The van der Waals surface area contributed by atoms with E-state index in [1.807, 2.05) is 18.2 Å². The lowest BCUT2D eigenvalue weighted by Crippen LogP contribution is -2.39. The molecule has 2 N–H and O–H groups in total. The smallest absolute Gasteiger partial charge is 0.251 e. The molecule has 5 nitrogen and oxygen atoms in total. The van der Waals surface area contributed by atoms with Crippen molar-refractivity contribution in [3.05, 3.63) is 58.1 Å². The van der Waals surface area contributed by atoms with Crippen LogP contribution in [0.2, 0.25) is 5.02 Å². The number of rotatable bonds is 4. The third kappa shape index (κ3) is 3.18. The van der Waals surface area contributed by atoms with Crippen LogP contribution in [-0.4, -0.2) is 26.7 Å². The molecule has 0 saturated heterocycles. The van der Waals surface area contributed by atoms with Crippen LogP contribution in [0.4, 0.5) is 0 Å². The van der Waals surface area contributed by atoms with Gasteiger partial charge in [-0.2, -0.15) is 0 Å². The van der Waals surface area contributed by atoms with Crippen LogP contribution in [0.15, 0.2) is 36.4 Å². The summed E-state index contributed by atoms with van der Waals surface area (Å²) in [7, 11) is 3.10. The van der Waals surface area contributed by atoms with Crippen LogP contribution in [-0.2, 0) is 6.54 Å². The van der Waals surface area contributed by atoms with E-state index in [2.05, 4.69) is 10.6 Å². The predicted molar refractivity (Wildman–Crippen MR) is 92.9 cm³/mol. The molecule has 0 fully saturated rings. The molecule has 0 aliphatic carbocycles. The molecule has 0 aromatic heterocycles. The van der Waals surface area contributed by atoms with Crippen LogP contribution in [0.3, 0.4) is 0 Å². The molecule has 6 heteroatoms. The predicted octanol–water partition coefficient (Wildman–Crippen LogP) is 2.93. The van der Waals surface area contributed by atoms with E-state index in [4.69, 9.17) is 21.1 Å². The summed E-state index contributed by atoms with van der Waals surface area (Å²) in [5, 5.41) is 7.01. The summed E-state index contributed by atoms with van der Waals surface area (Å²) >= 11 is 6.34. The molecule has 0 spiro atoms. The molecule has 24 heavy (non-hydrogen) atoms. The molecule has 1 aliphatic rings. The van der Waals surface area contributed by atoms with Crippen molar-refractivity contribution in [1.29, 1.82) is 0 Å². The number of methoxy groups -OCH3 is 2. The lowest BCUT2D eigenvalue weighted by molar-refractivity contribution is 0.0934. The monoisotopic (exact) mass is 346 g/mol. The maximum atomic E-state index is 12.6. The minimum atomic E-state index is -0.185.